The van der Waals surface area contributed by atoms with Gasteiger partial charge in [0.25, 0.3) is 0 Å². The van der Waals surface area contributed by atoms with E-state index in [0.717, 1.165) is 17.8 Å². The average Bonchev–Trinajstić information content (AvgIpc) is 2.58. The summed E-state index contributed by atoms with van der Waals surface area (Å²) in [4.78, 5) is 16.1. The average molecular weight is 333 g/mol. The zero-order chi connectivity index (χ0) is 16.5. The molecule has 0 saturated carbocycles. The molecule has 23 heavy (non-hydrogen) atoms. The largest absolute Gasteiger partial charge is 0.368 e. The fraction of sp³-hybridized carbons (Fsp3) is 0.294. The maximum atomic E-state index is 12.0. The van der Waals surface area contributed by atoms with Crippen LogP contribution in [0.3, 0.4) is 0 Å². The van der Waals surface area contributed by atoms with E-state index in [1.165, 1.54) is 0 Å². The SMILES string of the molecule is CCC(NC(=O)NCCNc1ccccn1)c1ccc(Cl)cc1. The first kappa shape index (κ1) is 17.1. The van der Waals surface area contributed by atoms with E-state index in [-0.39, 0.29) is 12.1 Å². The molecule has 1 heterocycles. The molecule has 1 aromatic carbocycles. The molecule has 122 valence electrons. The summed E-state index contributed by atoms with van der Waals surface area (Å²) in [7, 11) is 0. The Morgan fingerprint density at radius 2 is 1.96 bits per heavy atom. The number of aromatic nitrogens is 1. The van der Waals surface area contributed by atoms with Crippen molar-refractivity contribution in [2.24, 2.45) is 0 Å². The van der Waals surface area contributed by atoms with E-state index < -0.39 is 0 Å². The van der Waals surface area contributed by atoms with Gasteiger partial charge in [0, 0.05) is 24.3 Å². The molecule has 0 aliphatic heterocycles. The maximum Gasteiger partial charge on any atom is 0.315 e. The van der Waals surface area contributed by atoms with Gasteiger partial charge in [-0.1, -0.05) is 36.7 Å². The lowest BCUT2D eigenvalue weighted by atomic mass is 10.1. The third kappa shape index (κ3) is 5.79. The second kappa shape index (κ2) is 9.00. The Morgan fingerprint density at radius 1 is 1.17 bits per heavy atom. The lowest BCUT2D eigenvalue weighted by Crippen LogP contribution is -2.39. The van der Waals surface area contributed by atoms with Gasteiger partial charge < -0.3 is 16.0 Å². The van der Waals surface area contributed by atoms with Gasteiger partial charge in [0.05, 0.1) is 6.04 Å². The van der Waals surface area contributed by atoms with Crippen LogP contribution in [0.25, 0.3) is 0 Å². The van der Waals surface area contributed by atoms with Crippen molar-refractivity contribution in [3.8, 4) is 0 Å². The topological polar surface area (TPSA) is 66.1 Å². The van der Waals surface area contributed by atoms with E-state index in [4.69, 9.17) is 11.6 Å². The van der Waals surface area contributed by atoms with Gasteiger partial charge in [-0.25, -0.2) is 9.78 Å². The first-order chi connectivity index (χ1) is 11.2. The van der Waals surface area contributed by atoms with E-state index in [1.807, 2.05) is 49.4 Å². The standard InChI is InChI=1S/C17H21ClN4O/c1-2-15(13-6-8-14(18)9-7-13)22-17(23)21-12-11-20-16-5-3-4-10-19-16/h3-10,15H,2,11-12H2,1H3,(H,19,20)(H2,21,22,23). The lowest BCUT2D eigenvalue weighted by molar-refractivity contribution is 0.237. The van der Waals surface area contributed by atoms with Crippen LogP contribution in [0.1, 0.15) is 24.9 Å². The number of pyridine rings is 1. The van der Waals surface area contributed by atoms with Gasteiger partial charge in [-0.3, -0.25) is 0 Å². The van der Waals surface area contributed by atoms with Gasteiger partial charge in [-0.15, -0.1) is 0 Å². The summed E-state index contributed by atoms with van der Waals surface area (Å²) in [5.41, 5.74) is 1.04. The van der Waals surface area contributed by atoms with Gasteiger partial charge in [0.1, 0.15) is 5.82 Å². The number of carbonyl (C=O) groups excluding carboxylic acids is 1. The second-order valence-electron chi connectivity index (χ2n) is 5.05. The molecular formula is C17H21ClN4O. The van der Waals surface area contributed by atoms with Gasteiger partial charge in [0.15, 0.2) is 0 Å². The summed E-state index contributed by atoms with van der Waals surface area (Å²) < 4.78 is 0. The number of nitrogens with zero attached hydrogens (tertiary/aromatic N) is 1. The molecule has 0 aliphatic rings. The first-order valence-electron chi connectivity index (χ1n) is 7.63. The molecule has 0 radical (unpaired) electrons. The molecule has 5 nitrogen and oxygen atoms in total. The minimum Gasteiger partial charge on any atom is -0.368 e. The highest BCUT2D eigenvalue weighted by Crippen LogP contribution is 2.18. The van der Waals surface area contributed by atoms with E-state index in [2.05, 4.69) is 20.9 Å². The second-order valence-corrected chi connectivity index (χ2v) is 5.49. The number of halogens is 1. The normalized spacial score (nSPS) is 11.6. The van der Waals surface area contributed by atoms with Crippen LogP contribution in [-0.2, 0) is 0 Å². The molecule has 3 N–H and O–H groups in total. The molecule has 2 aromatic rings. The van der Waals surface area contributed by atoms with Crippen LogP contribution in [0.2, 0.25) is 5.02 Å². The van der Waals surface area contributed by atoms with Crippen LogP contribution in [0.15, 0.2) is 48.7 Å². The lowest BCUT2D eigenvalue weighted by Gasteiger charge is -2.18. The molecule has 0 fully saturated rings. The van der Waals surface area contributed by atoms with Crippen molar-refractivity contribution < 1.29 is 4.79 Å². The summed E-state index contributed by atoms with van der Waals surface area (Å²) in [6.07, 6.45) is 2.53. The smallest absolute Gasteiger partial charge is 0.315 e. The highest BCUT2D eigenvalue weighted by molar-refractivity contribution is 6.30. The molecule has 1 atom stereocenters. The fourth-order valence-corrected chi connectivity index (χ4v) is 2.29. The first-order valence-corrected chi connectivity index (χ1v) is 8.01. The predicted octanol–water partition coefficient (Wildman–Crippen LogP) is 3.60. The minimum atomic E-state index is -0.186. The zero-order valence-electron chi connectivity index (χ0n) is 13.1. The third-order valence-corrected chi connectivity index (χ3v) is 3.62. The van der Waals surface area contributed by atoms with Crippen LogP contribution < -0.4 is 16.0 Å². The van der Waals surface area contributed by atoms with Crippen molar-refractivity contribution in [1.29, 1.82) is 0 Å². The highest BCUT2D eigenvalue weighted by atomic mass is 35.5. The van der Waals surface area contributed by atoms with Crippen molar-refractivity contribution in [2.75, 3.05) is 18.4 Å². The summed E-state index contributed by atoms with van der Waals surface area (Å²) in [5.74, 6) is 0.794. The highest BCUT2D eigenvalue weighted by Gasteiger charge is 2.12. The third-order valence-electron chi connectivity index (χ3n) is 3.37. The number of hydrogen-bond acceptors (Lipinski definition) is 3. The quantitative estimate of drug-likeness (QED) is 0.679. The Morgan fingerprint density at radius 3 is 2.61 bits per heavy atom. The van der Waals surface area contributed by atoms with Gasteiger partial charge in [-0.05, 0) is 36.2 Å². The molecule has 1 unspecified atom stereocenters. The number of rotatable bonds is 7. The van der Waals surface area contributed by atoms with Crippen LogP contribution >= 0.6 is 11.6 Å². The van der Waals surface area contributed by atoms with E-state index in [9.17, 15) is 4.79 Å². The molecule has 2 amide bonds. The van der Waals surface area contributed by atoms with E-state index in [0.29, 0.717) is 18.1 Å². The van der Waals surface area contributed by atoms with Crippen molar-refractivity contribution in [3.63, 3.8) is 0 Å². The van der Waals surface area contributed by atoms with Crippen molar-refractivity contribution in [1.82, 2.24) is 15.6 Å². The van der Waals surface area contributed by atoms with Crippen LogP contribution in [-0.4, -0.2) is 24.1 Å². The summed E-state index contributed by atoms with van der Waals surface area (Å²) in [6.45, 7) is 3.16. The molecular weight excluding hydrogens is 312 g/mol. The van der Waals surface area contributed by atoms with Crippen molar-refractivity contribution in [2.45, 2.75) is 19.4 Å². The number of benzene rings is 1. The molecule has 0 saturated heterocycles. The predicted molar refractivity (Wildman–Crippen MR) is 93.7 cm³/mol. The Balaban J connectivity index is 1.73. The fourth-order valence-electron chi connectivity index (χ4n) is 2.16. The van der Waals surface area contributed by atoms with Crippen LogP contribution in [0.4, 0.5) is 10.6 Å². The Hall–Kier alpha value is -2.27. The summed E-state index contributed by atoms with van der Waals surface area (Å²) in [6, 6.07) is 13.0. The van der Waals surface area contributed by atoms with Crippen molar-refractivity contribution >= 4 is 23.4 Å². The molecule has 1 aromatic heterocycles. The summed E-state index contributed by atoms with van der Waals surface area (Å²) >= 11 is 5.89. The molecule has 0 aliphatic carbocycles. The molecule has 0 spiro atoms. The van der Waals surface area contributed by atoms with Crippen LogP contribution in [0, 0.1) is 0 Å². The number of anilines is 1. The number of carbonyl (C=O) groups is 1. The zero-order valence-corrected chi connectivity index (χ0v) is 13.8. The van der Waals surface area contributed by atoms with Gasteiger partial charge in [0.2, 0.25) is 0 Å². The number of hydrogen-bond donors (Lipinski definition) is 3. The molecule has 0 bridgehead atoms. The number of nitrogens with one attached hydrogen (secondary N) is 3. The van der Waals surface area contributed by atoms with Crippen molar-refractivity contribution in [3.05, 3.63) is 59.2 Å². The minimum absolute atomic E-state index is 0.0315. The number of amides is 2. The monoisotopic (exact) mass is 332 g/mol. The number of urea groups is 1. The van der Waals surface area contributed by atoms with Gasteiger partial charge in [-0.2, -0.15) is 0 Å². The Kier molecular flexibility index (Phi) is 6.69. The van der Waals surface area contributed by atoms with E-state index in [1.54, 1.807) is 6.20 Å². The Bertz CT molecular complexity index is 604. The van der Waals surface area contributed by atoms with E-state index >= 15 is 0 Å². The van der Waals surface area contributed by atoms with Crippen LogP contribution in [0.5, 0.6) is 0 Å². The molecule has 6 heteroatoms. The Labute approximate surface area is 141 Å². The summed E-state index contributed by atoms with van der Waals surface area (Å²) in [5, 5.41) is 9.62. The van der Waals surface area contributed by atoms with Gasteiger partial charge >= 0.3 is 6.03 Å². The maximum absolute atomic E-state index is 12.0. The molecule has 2 rings (SSSR count).